The van der Waals surface area contributed by atoms with E-state index in [1.165, 1.54) is 19.3 Å². The maximum Gasteiger partial charge on any atom is 0.0855 e. The monoisotopic (exact) mass is 123 g/mol. The van der Waals surface area contributed by atoms with Crippen molar-refractivity contribution in [2.45, 2.75) is 25.2 Å². The van der Waals surface area contributed by atoms with Crippen LogP contribution in [-0.4, -0.2) is 15.4 Å². The number of nitrogens with zero attached hydrogens (tertiary/aromatic N) is 2. The molecule has 3 heteroatoms. The molecule has 3 nitrogen and oxygen atoms in total. The molecule has 1 fully saturated rings. The maximum absolute atomic E-state index is 4.00. The normalized spacial score (nSPS) is 19.6. The number of aromatic nitrogens is 3. The quantitative estimate of drug-likeness (QED) is 0.607. The predicted octanol–water partition coefficient (Wildman–Crippen LogP) is 1.07. The lowest BCUT2D eigenvalue weighted by Gasteiger charge is -2.22. The van der Waals surface area contributed by atoms with Crippen molar-refractivity contribution in [3.8, 4) is 0 Å². The van der Waals surface area contributed by atoms with Crippen molar-refractivity contribution >= 4 is 0 Å². The van der Waals surface area contributed by atoms with Gasteiger partial charge in [-0.1, -0.05) is 6.42 Å². The van der Waals surface area contributed by atoms with Gasteiger partial charge in [-0.2, -0.15) is 15.4 Å². The first-order valence-corrected chi connectivity index (χ1v) is 3.32. The number of nitrogens with one attached hydrogen (secondary N) is 1. The van der Waals surface area contributed by atoms with Gasteiger partial charge in [0.15, 0.2) is 0 Å². The van der Waals surface area contributed by atoms with E-state index in [4.69, 9.17) is 0 Å². The molecule has 1 aliphatic rings. The number of rotatable bonds is 1. The first-order valence-electron chi connectivity index (χ1n) is 3.32. The lowest BCUT2D eigenvalue weighted by Crippen LogP contribution is -2.08. The van der Waals surface area contributed by atoms with E-state index < -0.39 is 0 Å². The molecule has 1 aromatic heterocycles. The largest absolute Gasteiger partial charge is 0.198 e. The van der Waals surface area contributed by atoms with Crippen molar-refractivity contribution in [2.75, 3.05) is 0 Å². The minimum absolute atomic E-state index is 0.712. The van der Waals surface area contributed by atoms with Crippen LogP contribution in [-0.2, 0) is 0 Å². The minimum atomic E-state index is 0.712. The number of hydrogen-bond acceptors (Lipinski definition) is 2. The van der Waals surface area contributed by atoms with E-state index >= 15 is 0 Å². The Morgan fingerprint density at radius 2 is 2.44 bits per heavy atom. The molecule has 0 atom stereocenters. The number of aromatic amines is 1. The van der Waals surface area contributed by atoms with E-state index in [0.29, 0.717) is 5.92 Å². The molecular weight excluding hydrogens is 114 g/mol. The third-order valence-corrected chi connectivity index (χ3v) is 1.96. The fraction of sp³-hybridized carbons (Fsp3) is 0.667. The molecule has 0 aromatic carbocycles. The highest BCUT2D eigenvalue weighted by atomic mass is 15.3. The molecule has 1 N–H and O–H groups in total. The fourth-order valence-corrected chi connectivity index (χ4v) is 1.11. The molecule has 1 heterocycles. The van der Waals surface area contributed by atoms with Gasteiger partial charge in [0.25, 0.3) is 0 Å². The van der Waals surface area contributed by atoms with E-state index in [9.17, 15) is 0 Å². The Balaban J connectivity index is 2.14. The molecule has 1 aromatic rings. The first kappa shape index (κ1) is 4.97. The van der Waals surface area contributed by atoms with Crippen LogP contribution in [0.5, 0.6) is 0 Å². The zero-order valence-electron chi connectivity index (χ0n) is 5.17. The van der Waals surface area contributed by atoms with Gasteiger partial charge in [-0.25, -0.2) is 0 Å². The average Bonchev–Trinajstić information content (AvgIpc) is 2.11. The van der Waals surface area contributed by atoms with Crippen LogP contribution in [0.1, 0.15) is 30.9 Å². The zero-order valence-corrected chi connectivity index (χ0v) is 5.17. The Labute approximate surface area is 53.5 Å². The van der Waals surface area contributed by atoms with Crippen LogP contribution < -0.4 is 0 Å². The summed E-state index contributed by atoms with van der Waals surface area (Å²) in [5.74, 6) is 0.712. The molecule has 0 radical (unpaired) electrons. The van der Waals surface area contributed by atoms with Gasteiger partial charge in [-0.05, 0) is 12.8 Å². The van der Waals surface area contributed by atoms with Gasteiger partial charge in [0, 0.05) is 5.92 Å². The van der Waals surface area contributed by atoms with Crippen molar-refractivity contribution in [3.63, 3.8) is 0 Å². The SMILES string of the molecule is c1n[nH]nc1C1CCC1. The summed E-state index contributed by atoms with van der Waals surface area (Å²) < 4.78 is 0. The van der Waals surface area contributed by atoms with Crippen molar-refractivity contribution in [3.05, 3.63) is 11.9 Å². The summed E-state index contributed by atoms with van der Waals surface area (Å²) in [6.45, 7) is 0. The summed E-state index contributed by atoms with van der Waals surface area (Å²) in [7, 11) is 0. The molecule has 2 rings (SSSR count). The van der Waals surface area contributed by atoms with Crippen molar-refractivity contribution in [1.29, 1.82) is 0 Å². The van der Waals surface area contributed by atoms with Crippen LogP contribution >= 0.6 is 0 Å². The second-order valence-electron chi connectivity index (χ2n) is 2.52. The highest BCUT2D eigenvalue weighted by Crippen LogP contribution is 2.34. The van der Waals surface area contributed by atoms with Crippen LogP contribution in [0.25, 0.3) is 0 Å². The molecule has 1 aliphatic carbocycles. The topological polar surface area (TPSA) is 41.6 Å². The molecule has 0 bridgehead atoms. The van der Waals surface area contributed by atoms with Crippen molar-refractivity contribution in [2.24, 2.45) is 0 Å². The molecule has 0 spiro atoms. The molecule has 9 heavy (non-hydrogen) atoms. The van der Waals surface area contributed by atoms with Crippen LogP contribution in [0.15, 0.2) is 6.20 Å². The molecule has 1 saturated carbocycles. The molecule has 48 valence electrons. The van der Waals surface area contributed by atoms with E-state index in [0.717, 1.165) is 5.69 Å². The lowest BCUT2D eigenvalue weighted by atomic mass is 9.83. The molecule has 0 amide bonds. The van der Waals surface area contributed by atoms with E-state index in [1.807, 2.05) is 6.20 Å². The van der Waals surface area contributed by atoms with E-state index in [2.05, 4.69) is 15.4 Å². The Hall–Kier alpha value is -0.860. The molecule has 0 saturated heterocycles. The fourth-order valence-electron chi connectivity index (χ4n) is 1.11. The molecular formula is C6H9N3. The second-order valence-corrected chi connectivity index (χ2v) is 2.52. The highest BCUT2D eigenvalue weighted by molar-refractivity contribution is 5.04. The first-order chi connectivity index (χ1) is 4.47. The smallest absolute Gasteiger partial charge is 0.0855 e. The van der Waals surface area contributed by atoms with Crippen LogP contribution in [0.3, 0.4) is 0 Å². The molecule has 0 unspecified atom stereocenters. The average molecular weight is 123 g/mol. The van der Waals surface area contributed by atoms with Crippen molar-refractivity contribution in [1.82, 2.24) is 15.4 Å². The van der Waals surface area contributed by atoms with Gasteiger partial charge in [-0.15, -0.1) is 0 Å². The van der Waals surface area contributed by atoms with Gasteiger partial charge < -0.3 is 0 Å². The summed E-state index contributed by atoms with van der Waals surface area (Å²) in [5, 5.41) is 10.4. The van der Waals surface area contributed by atoms with E-state index in [-0.39, 0.29) is 0 Å². The van der Waals surface area contributed by atoms with Gasteiger partial charge in [0.05, 0.1) is 11.9 Å². The Bertz CT molecular complexity index is 176. The van der Waals surface area contributed by atoms with Crippen LogP contribution in [0, 0.1) is 0 Å². The van der Waals surface area contributed by atoms with E-state index in [1.54, 1.807) is 0 Å². The predicted molar refractivity (Wildman–Crippen MR) is 33.0 cm³/mol. The lowest BCUT2D eigenvalue weighted by molar-refractivity contribution is 0.410. The van der Waals surface area contributed by atoms with Crippen molar-refractivity contribution < 1.29 is 0 Å². The number of hydrogen-bond donors (Lipinski definition) is 1. The van der Waals surface area contributed by atoms with Gasteiger partial charge in [0.2, 0.25) is 0 Å². The summed E-state index contributed by atoms with van der Waals surface area (Å²) >= 11 is 0. The minimum Gasteiger partial charge on any atom is -0.198 e. The zero-order chi connectivity index (χ0) is 6.10. The maximum atomic E-state index is 4.00. The van der Waals surface area contributed by atoms with Gasteiger partial charge >= 0.3 is 0 Å². The Morgan fingerprint density at radius 3 is 2.89 bits per heavy atom. The summed E-state index contributed by atoms with van der Waals surface area (Å²) in [6.07, 6.45) is 5.78. The standard InChI is InChI=1S/C6H9N3/c1-2-5(3-1)6-4-7-9-8-6/h4-5H,1-3H2,(H,7,8,9). The van der Waals surface area contributed by atoms with Gasteiger partial charge in [-0.3, -0.25) is 0 Å². The second kappa shape index (κ2) is 1.83. The third kappa shape index (κ3) is 0.724. The summed E-state index contributed by atoms with van der Waals surface area (Å²) in [6, 6.07) is 0. The number of H-pyrrole nitrogens is 1. The van der Waals surface area contributed by atoms with Crippen LogP contribution in [0.2, 0.25) is 0 Å². The Kier molecular flexibility index (Phi) is 1.01. The van der Waals surface area contributed by atoms with Crippen LogP contribution in [0.4, 0.5) is 0 Å². The molecule has 0 aliphatic heterocycles. The summed E-state index contributed by atoms with van der Waals surface area (Å²) in [5.41, 5.74) is 1.14. The third-order valence-electron chi connectivity index (χ3n) is 1.96. The van der Waals surface area contributed by atoms with Gasteiger partial charge in [0.1, 0.15) is 0 Å². The Morgan fingerprint density at radius 1 is 1.56 bits per heavy atom. The highest BCUT2D eigenvalue weighted by Gasteiger charge is 2.21. The summed E-state index contributed by atoms with van der Waals surface area (Å²) in [4.78, 5) is 0.